The first kappa shape index (κ1) is 14.4. The molecule has 0 aliphatic heterocycles. The maximum atomic E-state index is 13.5. The normalized spacial score (nSPS) is 23.8. The second-order valence-electron chi connectivity index (χ2n) is 5.43. The fourth-order valence-electron chi connectivity index (χ4n) is 2.71. The molecule has 2 rings (SSSR count). The molecular formula is C15H21F2NO. The molecule has 19 heavy (non-hydrogen) atoms. The van der Waals surface area contributed by atoms with Crippen LogP contribution in [0.4, 0.5) is 8.78 Å². The summed E-state index contributed by atoms with van der Waals surface area (Å²) in [7, 11) is 2.01. The van der Waals surface area contributed by atoms with Crippen molar-refractivity contribution >= 4 is 0 Å². The predicted octanol–water partition coefficient (Wildman–Crippen LogP) is 2.74. The predicted molar refractivity (Wildman–Crippen MR) is 71.0 cm³/mol. The first-order chi connectivity index (χ1) is 9.06. The Hall–Kier alpha value is -1.00. The van der Waals surface area contributed by atoms with Gasteiger partial charge in [0.05, 0.1) is 6.10 Å². The summed E-state index contributed by atoms with van der Waals surface area (Å²) >= 11 is 0. The molecule has 2 nitrogen and oxygen atoms in total. The van der Waals surface area contributed by atoms with E-state index in [-0.39, 0.29) is 17.7 Å². The molecule has 0 aromatic heterocycles. The number of hydrogen-bond acceptors (Lipinski definition) is 2. The fourth-order valence-corrected chi connectivity index (χ4v) is 2.71. The number of benzene rings is 1. The lowest BCUT2D eigenvalue weighted by Crippen LogP contribution is -2.37. The standard InChI is InChI=1S/C15H21F2NO/c1-18(13-3-5-14(19)6-4-13)9-8-11-10-12(16)2-7-15(11)17/h2,7,10,13-14,19H,3-6,8-9H2,1H3. The topological polar surface area (TPSA) is 23.5 Å². The van der Waals surface area contributed by atoms with Crippen molar-refractivity contribution in [2.45, 2.75) is 44.2 Å². The summed E-state index contributed by atoms with van der Waals surface area (Å²) in [5, 5.41) is 9.47. The van der Waals surface area contributed by atoms with Crippen molar-refractivity contribution in [1.82, 2.24) is 4.90 Å². The molecule has 1 aromatic rings. The third kappa shape index (κ3) is 3.98. The van der Waals surface area contributed by atoms with Crippen LogP contribution in [0.15, 0.2) is 18.2 Å². The van der Waals surface area contributed by atoms with Crippen LogP contribution in [0.1, 0.15) is 31.2 Å². The molecule has 0 radical (unpaired) electrons. The van der Waals surface area contributed by atoms with Gasteiger partial charge in [0.2, 0.25) is 0 Å². The molecule has 4 heteroatoms. The minimum Gasteiger partial charge on any atom is -0.393 e. The van der Waals surface area contributed by atoms with E-state index in [4.69, 9.17) is 0 Å². The molecule has 0 unspecified atom stereocenters. The minimum absolute atomic E-state index is 0.162. The molecular weight excluding hydrogens is 248 g/mol. The maximum absolute atomic E-state index is 13.5. The Bertz CT molecular complexity index is 417. The van der Waals surface area contributed by atoms with Crippen molar-refractivity contribution in [1.29, 1.82) is 0 Å². The number of aliphatic hydroxyl groups is 1. The van der Waals surface area contributed by atoms with Crippen LogP contribution >= 0.6 is 0 Å². The van der Waals surface area contributed by atoms with Crippen molar-refractivity contribution in [3.63, 3.8) is 0 Å². The van der Waals surface area contributed by atoms with Gasteiger partial charge in [-0.1, -0.05) is 0 Å². The summed E-state index contributed by atoms with van der Waals surface area (Å²) in [4.78, 5) is 2.19. The second-order valence-corrected chi connectivity index (χ2v) is 5.43. The molecule has 0 bridgehead atoms. The van der Waals surface area contributed by atoms with Crippen molar-refractivity contribution in [2.75, 3.05) is 13.6 Å². The Morgan fingerprint density at radius 3 is 2.58 bits per heavy atom. The Balaban J connectivity index is 1.86. The van der Waals surface area contributed by atoms with Crippen LogP contribution in [0, 0.1) is 11.6 Å². The second kappa shape index (κ2) is 6.44. The van der Waals surface area contributed by atoms with E-state index in [0.717, 1.165) is 31.7 Å². The van der Waals surface area contributed by atoms with Crippen LogP contribution in [-0.4, -0.2) is 35.7 Å². The number of rotatable bonds is 4. The number of halogens is 2. The molecule has 1 aliphatic rings. The van der Waals surface area contributed by atoms with Gasteiger partial charge in [0.25, 0.3) is 0 Å². The Labute approximate surface area is 113 Å². The summed E-state index contributed by atoms with van der Waals surface area (Å²) in [6, 6.07) is 4.04. The Morgan fingerprint density at radius 2 is 1.89 bits per heavy atom. The molecule has 1 fully saturated rings. The first-order valence-corrected chi connectivity index (χ1v) is 6.88. The molecule has 1 aromatic carbocycles. The molecule has 0 amide bonds. The van der Waals surface area contributed by atoms with Gasteiger partial charge in [-0.3, -0.25) is 0 Å². The van der Waals surface area contributed by atoms with Gasteiger partial charge in [-0.15, -0.1) is 0 Å². The summed E-state index contributed by atoms with van der Waals surface area (Å²) < 4.78 is 26.6. The van der Waals surface area contributed by atoms with Gasteiger partial charge < -0.3 is 10.0 Å². The van der Waals surface area contributed by atoms with Crippen molar-refractivity contribution in [3.05, 3.63) is 35.4 Å². The van der Waals surface area contributed by atoms with Gasteiger partial charge in [0, 0.05) is 12.6 Å². The lowest BCUT2D eigenvalue weighted by atomic mass is 9.92. The van der Waals surface area contributed by atoms with E-state index in [9.17, 15) is 13.9 Å². The quantitative estimate of drug-likeness (QED) is 0.908. The SMILES string of the molecule is CN(CCc1cc(F)ccc1F)C1CCC(O)CC1. The third-order valence-electron chi connectivity index (χ3n) is 4.03. The van der Waals surface area contributed by atoms with E-state index < -0.39 is 0 Å². The molecule has 1 N–H and O–H groups in total. The van der Waals surface area contributed by atoms with Crippen LogP contribution < -0.4 is 0 Å². The maximum Gasteiger partial charge on any atom is 0.126 e. The van der Waals surface area contributed by atoms with E-state index in [1.807, 2.05) is 7.05 Å². The van der Waals surface area contributed by atoms with E-state index >= 15 is 0 Å². The minimum atomic E-state index is -0.389. The van der Waals surface area contributed by atoms with E-state index in [2.05, 4.69) is 4.90 Å². The highest BCUT2D eigenvalue weighted by atomic mass is 19.1. The van der Waals surface area contributed by atoms with E-state index in [0.29, 0.717) is 24.6 Å². The number of aliphatic hydroxyl groups excluding tert-OH is 1. The molecule has 1 aliphatic carbocycles. The number of likely N-dealkylation sites (N-methyl/N-ethyl adjacent to an activating group) is 1. The molecule has 1 saturated carbocycles. The van der Waals surface area contributed by atoms with Crippen molar-refractivity contribution < 1.29 is 13.9 Å². The summed E-state index contributed by atoms with van der Waals surface area (Å²) in [5.41, 5.74) is 0.433. The van der Waals surface area contributed by atoms with Crippen LogP contribution in [0.3, 0.4) is 0 Å². The summed E-state index contributed by atoms with van der Waals surface area (Å²) in [6.07, 6.45) is 3.98. The Morgan fingerprint density at radius 1 is 1.21 bits per heavy atom. The van der Waals surface area contributed by atoms with Gasteiger partial charge in [-0.2, -0.15) is 0 Å². The third-order valence-corrected chi connectivity index (χ3v) is 4.03. The molecule has 0 atom stereocenters. The number of nitrogens with zero attached hydrogens (tertiary/aromatic N) is 1. The molecule has 0 heterocycles. The van der Waals surface area contributed by atoms with Gasteiger partial charge in [0.1, 0.15) is 11.6 Å². The zero-order valence-corrected chi connectivity index (χ0v) is 11.3. The zero-order chi connectivity index (χ0) is 13.8. The first-order valence-electron chi connectivity index (χ1n) is 6.88. The van der Waals surface area contributed by atoms with Gasteiger partial charge in [0.15, 0.2) is 0 Å². The molecule has 0 saturated heterocycles. The zero-order valence-electron chi connectivity index (χ0n) is 11.3. The Kier molecular flexibility index (Phi) is 4.88. The highest BCUT2D eigenvalue weighted by molar-refractivity contribution is 5.19. The van der Waals surface area contributed by atoms with Gasteiger partial charge >= 0.3 is 0 Å². The van der Waals surface area contributed by atoms with Gasteiger partial charge in [-0.05, 0) is 62.9 Å². The largest absolute Gasteiger partial charge is 0.393 e. The summed E-state index contributed by atoms with van der Waals surface area (Å²) in [6.45, 7) is 0.709. The smallest absolute Gasteiger partial charge is 0.126 e. The van der Waals surface area contributed by atoms with Crippen molar-refractivity contribution in [3.8, 4) is 0 Å². The highest BCUT2D eigenvalue weighted by Crippen LogP contribution is 2.22. The van der Waals surface area contributed by atoms with E-state index in [1.165, 1.54) is 12.1 Å². The van der Waals surface area contributed by atoms with Crippen LogP contribution in [-0.2, 0) is 6.42 Å². The lowest BCUT2D eigenvalue weighted by molar-refractivity contribution is 0.0846. The van der Waals surface area contributed by atoms with Crippen LogP contribution in [0.2, 0.25) is 0 Å². The summed E-state index contributed by atoms with van der Waals surface area (Å²) in [5.74, 6) is -0.728. The fraction of sp³-hybridized carbons (Fsp3) is 0.600. The lowest BCUT2D eigenvalue weighted by Gasteiger charge is -2.33. The average Bonchev–Trinajstić information content (AvgIpc) is 2.40. The molecule has 0 spiro atoms. The van der Waals surface area contributed by atoms with Crippen molar-refractivity contribution in [2.24, 2.45) is 0 Å². The van der Waals surface area contributed by atoms with E-state index in [1.54, 1.807) is 0 Å². The number of hydrogen-bond donors (Lipinski definition) is 1. The van der Waals surface area contributed by atoms with Crippen LogP contribution in [0.5, 0.6) is 0 Å². The van der Waals surface area contributed by atoms with Gasteiger partial charge in [-0.25, -0.2) is 8.78 Å². The average molecular weight is 269 g/mol. The van der Waals surface area contributed by atoms with Crippen LogP contribution in [0.25, 0.3) is 0 Å². The monoisotopic (exact) mass is 269 g/mol. The molecule has 106 valence electrons. The highest BCUT2D eigenvalue weighted by Gasteiger charge is 2.22.